The van der Waals surface area contributed by atoms with Crippen LogP contribution in [0.3, 0.4) is 0 Å². The summed E-state index contributed by atoms with van der Waals surface area (Å²) in [6, 6.07) is 42.2. The predicted molar refractivity (Wildman–Crippen MR) is 427 cm³/mol. The van der Waals surface area contributed by atoms with Gasteiger partial charge in [-0.05, 0) is 289 Å². The Balaban J connectivity index is 0.000000164. The number of rotatable bonds is 16. The largest absolute Gasteiger partial charge is 0.357 e. The molecule has 0 amide bonds. The number of aromatic amines is 1. The molecule has 0 radical (unpaired) electrons. The molecule has 19 heteroatoms. The van der Waals surface area contributed by atoms with Crippen molar-refractivity contribution in [2.75, 3.05) is 77.9 Å². The molecule has 11 aromatic rings. The number of carbonyl (C=O) groups excluding carboxylic acids is 2. The summed E-state index contributed by atoms with van der Waals surface area (Å²) < 4.78 is 6.40. The maximum absolute atomic E-state index is 13.5. The highest BCUT2D eigenvalue weighted by Gasteiger charge is 2.27. The third-order valence-corrected chi connectivity index (χ3v) is 20.7. The van der Waals surface area contributed by atoms with Gasteiger partial charge in [0.2, 0.25) is 0 Å². The van der Waals surface area contributed by atoms with Crippen molar-refractivity contribution in [1.29, 1.82) is 15.8 Å². The first-order valence-corrected chi connectivity index (χ1v) is 36.5. The lowest BCUT2D eigenvalue weighted by atomic mass is 10.1. The first-order valence-electron chi connectivity index (χ1n) is 36.0. The summed E-state index contributed by atoms with van der Waals surface area (Å²) in [5, 5.41) is 27.3. The standard InChI is InChI=1S/C27H31N5O.C22H21ClN4O.C20H20N4.C13H17N3.4CH4/c1-20-26(25(33)19-31-11-3-2-4-12-31)27-24(32(20)23-9-7-21(16-28)8-10-23)15-22(17-29-27)18-30-13-5-6-14-30;1-15-21(20(28)11-23)22-19(27(15)18-6-4-16(12-24)5-7-18)10-17(13-25-22)14-26-8-2-3-9-26;1-15-10-19-20(24(15)18-6-4-16(12-21)5-7-18)11-17(13-22-19)14-23-8-2-3-9-23;1-10-6-12-13(15-10)7-11(8-14-12)9-16-4-2-3-5-16;;;;/h7-10,15,17H,2-6,11-14,18-19H2,1H3;4-7,10,13H,2-3,8-9,11,14H2,1H3;4-7,10-11,13H,2-3,8-9,14H2,1H3;6-8,15H,2-5,9H2,1H3;4*1H4. The van der Waals surface area contributed by atoms with Crippen LogP contribution in [-0.4, -0.2) is 153 Å². The van der Waals surface area contributed by atoms with Gasteiger partial charge in [0, 0.05) is 90.8 Å². The van der Waals surface area contributed by atoms with Crippen molar-refractivity contribution < 1.29 is 9.59 Å². The number of alkyl halides is 1. The van der Waals surface area contributed by atoms with Crippen molar-refractivity contribution in [2.45, 2.75) is 154 Å². The van der Waals surface area contributed by atoms with E-state index in [-0.39, 0.29) is 47.2 Å². The smallest absolute Gasteiger partial charge is 0.181 e. The van der Waals surface area contributed by atoms with Crippen LogP contribution in [0, 0.1) is 61.7 Å². The molecule has 5 fully saturated rings. The van der Waals surface area contributed by atoms with E-state index in [0.717, 1.165) is 162 Å². The molecule has 105 heavy (non-hydrogen) atoms. The Morgan fingerprint density at radius 3 is 1.15 bits per heavy atom. The highest BCUT2D eigenvalue weighted by Crippen LogP contribution is 2.33. The van der Waals surface area contributed by atoms with Crippen LogP contribution < -0.4 is 0 Å². The zero-order chi connectivity index (χ0) is 69.9. The Morgan fingerprint density at radius 1 is 0.410 bits per heavy atom. The molecule has 5 aliphatic rings. The van der Waals surface area contributed by atoms with Crippen molar-refractivity contribution in [3.05, 3.63) is 207 Å². The zero-order valence-corrected chi connectivity index (χ0v) is 59.5. The fourth-order valence-corrected chi connectivity index (χ4v) is 15.6. The molecular weight excluding hydrogens is 1320 g/mol. The Labute approximate surface area is 626 Å². The molecule has 8 aromatic heterocycles. The van der Waals surface area contributed by atoms with Gasteiger partial charge in [0.25, 0.3) is 0 Å². The molecule has 5 saturated heterocycles. The number of nitrogens with one attached hydrogen (secondary N) is 1. The second kappa shape index (κ2) is 36.8. The SMILES string of the molecule is C.C.C.C.Cc1c(C(=O)CCl)c2ncc(CN3CCCC3)cc2n1-c1ccc(C#N)cc1.Cc1c(C(=O)CN2CCCCC2)c2ncc(CN3CCCC3)cc2n1-c1ccc(C#N)cc1.Cc1cc2ncc(CN3CCCC3)cc2[nH]1.Cc1cc2ncc(CN3CCCC3)cc2n1-c1ccc(C#N)cc1. The second-order valence-electron chi connectivity index (χ2n) is 27.8. The molecule has 3 aromatic carbocycles. The molecule has 0 aliphatic carbocycles. The van der Waals surface area contributed by atoms with Gasteiger partial charge in [0.05, 0.1) is 103 Å². The number of fused-ring (bicyclic) bond motifs is 4. The first kappa shape index (κ1) is 79.4. The zero-order valence-electron chi connectivity index (χ0n) is 58.7. The quantitative estimate of drug-likeness (QED) is 0.0706. The van der Waals surface area contributed by atoms with Gasteiger partial charge in [-0.15, -0.1) is 11.6 Å². The molecule has 5 aliphatic heterocycles. The number of aryl methyl sites for hydroxylation is 2. The summed E-state index contributed by atoms with van der Waals surface area (Å²) in [5.41, 5.74) is 22.8. The van der Waals surface area contributed by atoms with E-state index in [1.54, 1.807) is 12.1 Å². The molecule has 1 N–H and O–H groups in total. The van der Waals surface area contributed by atoms with E-state index in [2.05, 4.69) is 122 Å². The Bertz CT molecular complexity index is 4880. The summed E-state index contributed by atoms with van der Waals surface area (Å²) in [5.74, 6) is -0.0622. The van der Waals surface area contributed by atoms with Crippen LogP contribution in [0.15, 0.2) is 134 Å². The van der Waals surface area contributed by atoms with Crippen LogP contribution in [0.4, 0.5) is 0 Å². The number of benzene rings is 3. The number of H-pyrrole nitrogens is 1. The number of hydrogen-bond donors (Lipinski definition) is 1. The number of likely N-dealkylation sites (tertiary alicyclic amines) is 5. The van der Waals surface area contributed by atoms with E-state index in [1.165, 1.54) is 106 Å². The third-order valence-electron chi connectivity index (χ3n) is 20.4. The monoisotopic (exact) mass is 1430 g/mol. The molecule has 0 atom stereocenters. The molecule has 13 heterocycles. The summed E-state index contributed by atoms with van der Waals surface area (Å²) in [6.45, 7) is 23.6. The average molecular weight is 1430 g/mol. The van der Waals surface area contributed by atoms with Gasteiger partial charge in [-0.3, -0.25) is 54.0 Å². The molecule has 16 rings (SSSR count). The van der Waals surface area contributed by atoms with Gasteiger partial charge in [-0.2, -0.15) is 15.8 Å². The Morgan fingerprint density at radius 2 is 0.752 bits per heavy atom. The van der Waals surface area contributed by atoms with Crippen LogP contribution >= 0.6 is 11.6 Å². The van der Waals surface area contributed by atoms with Crippen molar-refractivity contribution in [2.24, 2.45) is 0 Å². The van der Waals surface area contributed by atoms with Crippen LogP contribution in [0.25, 0.3) is 61.2 Å². The van der Waals surface area contributed by atoms with Crippen LogP contribution in [0.1, 0.15) is 183 Å². The summed E-state index contributed by atoms with van der Waals surface area (Å²) >= 11 is 5.87. The minimum atomic E-state index is -0.128. The van der Waals surface area contributed by atoms with E-state index in [9.17, 15) is 14.9 Å². The highest BCUT2D eigenvalue weighted by molar-refractivity contribution is 6.32. The molecule has 0 bridgehead atoms. The van der Waals surface area contributed by atoms with Crippen molar-refractivity contribution in [3.63, 3.8) is 0 Å². The minimum Gasteiger partial charge on any atom is -0.357 e. The average Bonchev–Trinajstić information content (AvgIpc) is 1.60. The molecular formula is C86H105ClN16O2. The number of hydrogen-bond acceptors (Lipinski definition) is 14. The summed E-state index contributed by atoms with van der Waals surface area (Å²) in [6.07, 6.45) is 21.7. The van der Waals surface area contributed by atoms with E-state index < -0.39 is 0 Å². The number of aromatic nitrogens is 8. The number of ketones is 2. The topological polar surface area (TPSA) is 204 Å². The van der Waals surface area contributed by atoms with Gasteiger partial charge >= 0.3 is 0 Å². The number of Topliss-reactive ketones (excluding diaryl/α,β-unsaturated/α-hetero) is 2. The van der Waals surface area contributed by atoms with E-state index >= 15 is 0 Å². The number of piperidine rings is 1. The molecule has 0 spiro atoms. The summed E-state index contributed by atoms with van der Waals surface area (Å²) in [7, 11) is 0. The van der Waals surface area contributed by atoms with E-state index in [4.69, 9.17) is 27.1 Å². The van der Waals surface area contributed by atoms with Crippen molar-refractivity contribution >= 4 is 67.3 Å². The second-order valence-corrected chi connectivity index (χ2v) is 28.1. The lowest BCUT2D eigenvalue weighted by Gasteiger charge is -2.25. The lowest BCUT2D eigenvalue weighted by molar-refractivity contribution is 0.0915. The van der Waals surface area contributed by atoms with Crippen LogP contribution in [-0.2, 0) is 26.2 Å². The Hall–Kier alpha value is -9.68. The van der Waals surface area contributed by atoms with Gasteiger partial charge in [0.1, 0.15) is 0 Å². The van der Waals surface area contributed by atoms with Crippen molar-refractivity contribution in [1.82, 2.24) is 63.1 Å². The number of nitrogens with zero attached hydrogens (tertiary/aromatic N) is 15. The van der Waals surface area contributed by atoms with Crippen LogP contribution in [0.2, 0.25) is 0 Å². The van der Waals surface area contributed by atoms with Gasteiger partial charge in [0.15, 0.2) is 11.6 Å². The maximum Gasteiger partial charge on any atom is 0.181 e. The maximum atomic E-state index is 13.5. The number of nitriles is 3. The normalized spacial score (nSPS) is 15.4. The minimum absolute atomic E-state index is 0. The molecule has 548 valence electrons. The Kier molecular flexibility index (Phi) is 27.9. The summed E-state index contributed by atoms with van der Waals surface area (Å²) in [4.78, 5) is 60.2. The fourth-order valence-electron chi connectivity index (χ4n) is 15.4. The highest BCUT2D eigenvalue weighted by atomic mass is 35.5. The molecule has 0 saturated carbocycles. The molecule has 18 nitrogen and oxygen atoms in total. The van der Waals surface area contributed by atoms with Gasteiger partial charge < -0.3 is 18.7 Å². The van der Waals surface area contributed by atoms with Crippen molar-refractivity contribution in [3.8, 4) is 35.3 Å². The number of pyridine rings is 4. The fraction of sp³-hybridized carbons (Fsp3) is 0.407. The molecule has 0 unspecified atom stereocenters. The van der Waals surface area contributed by atoms with Crippen LogP contribution in [0.5, 0.6) is 0 Å². The number of carbonyl (C=O) groups is 2. The van der Waals surface area contributed by atoms with E-state index in [0.29, 0.717) is 34.3 Å². The van der Waals surface area contributed by atoms with E-state index in [1.807, 2.05) is 104 Å². The lowest BCUT2D eigenvalue weighted by Crippen LogP contribution is -2.34. The first-order chi connectivity index (χ1) is 49.3. The predicted octanol–water partition coefficient (Wildman–Crippen LogP) is 17.5. The third kappa shape index (κ3) is 18.5. The van der Waals surface area contributed by atoms with Gasteiger partial charge in [-0.25, -0.2) is 0 Å². The number of halogens is 1. The van der Waals surface area contributed by atoms with Gasteiger partial charge in [-0.1, -0.05) is 36.1 Å².